The van der Waals surface area contributed by atoms with Crippen LogP contribution in [0.3, 0.4) is 0 Å². The molecule has 1 rings (SSSR count). The Kier molecular flexibility index (Phi) is 4.62. The number of esters is 1. The number of aromatic nitrogens is 3. The second kappa shape index (κ2) is 5.98. The molecule has 0 radical (unpaired) electrons. The highest BCUT2D eigenvalue weighted by atomic mass is 16.5. The van der Waals surface area contributed by atoms with Crippen LogP contribution in [0.1, 0.15) is 6.42 Å². The van der Waals surface area contributed by atoms with E-state index in [4.69, 9.17) is 4.74 Å². The number of carbonyl (C=O) groups excluding carboxylic acids is 1. The molecule has 19 heavy (non-hydrogen) atoms. The van der Waals surface area contributed by atoms with Gasteiger partial charge in [-0.2, -0.15) is 0 Å². The molecule has 8 heteroatoms. The molecule has 1 heterocycles. The number of carbonyl (C=O) groups is 1. The molecule has 1 aromatic rings. The van der Waals surface area contributed by atoms with Crippen LogP contribution in [-0.4, -0.2) is 26.3 Å². The normalized spacial score (nSPS) is 10.2. The predicted octanol–water partition coefficient (Wildman–Crippen LogP) is -1.63. The maximum Gasteiger partial charge on any atom is 0.336 e. The van der Waals surface area contributed by atoms with Gasteiger partial charge in [0.1, 0.15) is 6.61 Å². The molecule has 0 N–H and O–H groups in total. The quantitative estimate of drug-likeness (QED) is 0.472. The lowest BCUT2D eigenvalue weighted by Gasteiger charge is -2.09. The largest absolute Gasteiger partial charge is 0.464 e. The van der Waals surface area contributed by atoms with E-state index in [9.17, 15) is 19.2 Å². The first-order valence-corrected chi connectivity index (χ1v) is 5.53. The first kappa shape index (κ1) is 14.7. The van der Waals surface area contributed by atoms with Crippen LogP contribution in [0.4, 0.5) is 0 Å². The van der Waals surface area contributed by atoms with Gasteiger partial charge >= 0.3 is 23.0 Å². The van der Waals surface area contributed by atoms with E-state index in [1.807, 2.05) is 0 Å². The van der Waals surface area contributed by atoms with E-state index >= 15 is 0 Å². The molecule has 8 nitrogen and oxygen atoms in total. The number of nitrogens with zero attached hydrogens (tertiary/aromatic N) is 3. The molecule has 0 aromatic carbocycles. The van der Waals surface area contributed by atoms with Crippen LogP contribution in [-0.2, 0) is 30.2 Å². The molecule has 104 valence electrons. The second-order valence-corrected chi connectivity index (χ2v) is 3.83. The second-order valence-electron chi connectivity index (χ2n) is 3.83. The minimum absolute atomic E-state index is 0.0557. The summed E-state index contributed by atoms with van der Waals surface area (Å²) in [5.41, 5.74) is -2.18. The first-order valence-electron chi connectivity index (χ1n) is 5.53. The summed E-state index contributed by atoms with van der Waals surface area (Å²) in [6.45, 7) is 3.15. The number of hydrogen-bond acceptors (Lipinski definition) is 5. The van der Waals surface area contributed by atoms with Crippen molar-refractivity contribution in [1.29, 1.82) is 0 Å². The smallest absolute Gasteiger partial charge is 0.336 e. The minimum Gasteiger partial charge on any atom is -0.464 e. The van der Waals surface area contributed by atoms with Crippen molar-refractivity contribution < 1.29 is 9.53 Å². The zero-order valence-corrected chi connectivity index (χ0v) is 10.8. The molecule has 0 aliphatic carbocycles. The molecule has 0 aliphatic rings. The van der Waals surface area contributed by atoms with Crippen molar-refractivity contribution in [3.8, 4) is 0 Å². The maximum absolute atomic E-state index is 11.7. The fourth-order valence-electron chi connectivity index (χ4n) is 1.45. The summed E-state index contributed by atoms with van der Waals surface area (Å²) < 4.78 is 7.26. The maximum atomic E-state index is 11.7. The molecular formula is C11H15N3O5. The van der Waals surface area contributed by atoms with Gasteiger partial charge in [0.05, 0.1) is 13.0 Å². The van der Waals surface area contributed by atoms with E-state index in [0.717, 1.165) is 13.7 Å². The minimum atomic E-state index is -0.743. The molecule has 0 saturated heterocycles. The van der Waals surface area contributed by atoms with E-state index in [2.05, 4.69) is 6.58 Å². The van der Waals surface area contributed by atoms with Gasteiger partial charge in [0.2, 0.25) is 0 Å². The zero-order chi connectivity index (χ0) is 14.6. The lowest BCUT2D eigenvalue weighted by Crippen LogP contribution is -2.53. The van der Waals surface area contributed by atoms with Gasteiger partial charge in [0.15, 0.2) is 0 Å². The molecule has 0 bridgehead atoms. The summed E-state index contributed by atoms with van der Waals surface area (Å²) in [7, 11) is 2.54. The van der Waals surface area contributed by atoms with Crippen LogP contribution in [0.25, 0.3) is 0 Å². The SMILES string of the molecule is C=CCC(=O)OCCn1c(=O)n(C)c(=O)n(C)c1=O. The summed E-state index contributed by atoms with van der Waals surface area (Å²) in [5, 5.41) is 0. The summed E-state index contributed by atoms with van der Waals surface area (Å²) >= 11 is 0. The predicted molar refractivity (Wildman–Crippen MR) is 67.0 cm³/mol. The Balaban J connectivity index is 2.95. The third-order valence-corrected chi connectivity index (χ3v) is 2.50. The molecule has 0 spiro atoms. The van der Waals surface area contributed by atoms with Gasteiger partial charge < -0.3 is 4.74 Å². The molecule has 0 fully saturated rings. The van der Waals surface area contributed by atoms with E-state index in [1.165, 1.54) is 20.2 Å². The molecule has 0 aliphatic heterocycles. The summed E-state index contributed by atoms with van der Waals surface area (Å²) in [4.78, 5) is 46.0. The third-order valence-electron chi connectivity index (χ3n) is 2.50. The van der Waals surface area contributed by atoms with Gasteiger partial charge in [0, 0.05) is 14.1 Å². The van der Waals surface area contributed by atoms with Crippen molar-refractivity contribution in [3.05, 3.63) is 44.1 Å². The Morgan fingerprint density at radius 2 is 1.68 bits per heavy atom. The Morgan fingerprint density at radius 1 is 1.16 bits per heavy atom. The van der Waals surface area contributed by atoms with Crippen molar-refractivity contribution in [2.24, 2.45) is 14.1 Å². The zero-order valence-electron chi connectivity index (χ0n) is 10.8. The Hall–Kier alpha value is -2.38. The number of rotatable bonds is 5. The van der Waals surface area contributed by atoms with Gasteiger partial charge in [0.25, 0.3) is 0 Å². The lowest BCUT2D eigenvalue weighted by atomic mass is 10.4. The number of hydrogen-bond donors (Lipinski definition) is 0. The fourth-order valence-corrected chi connectivity index (χ4v) is 1.45. The van der Waals surface area contributed by atoms with Gasteiger partial charge in [-0.25, -0.2) is 28.1 Å². The Labute approximate surface area is 108 Å². The van der Waals surface area contributed by atoms with Gasteiger partial charge in [-0.05, 0) is 0 Å². The van der Waals surface area contributed by atoms with E-state index in [-0.39, 0.29) is 19.6 Å². The van der Waals surface area contributed by atoms with Crippen molar-refractivity contribution in [1.82, 2.24) is 13.7 Å². The van der Waals surface area contributed by atoms with Gasteiger partial charge in [-0.3, -0.25) is 4.79 Å². The topological polar surface area (TPSA) is 92.3 Å². The highest BCUT2D eigenvalue weighted by molar-refractivity contribution is 5.70. The fraction of sp³-hybridized carbons (Fsp3) is 0.455. The Bertz CT molecular complexity index is 624. The lowest BCUT2D eigenvalue weighted by molar-refractivity contribution is -0.142. The average molecular weight is 269 g/mol. The summed E-state index contributed by atoms with van der Waals surface area (Å²) in [6, 6.07) is 0. The van der Waals surface area contributed by atoms with Crippen LogP contribution in [0.2, 0.25) is 0 Å². The monoisotopic (exact) mass is 269 g/mol. The van der Waals surface area contributed by atoms with Crippen LogP contribution < -0.4 is 17.1 Å². The van der Waals surface area contributed by atoms with Crippen LogP contribution in [0.15, 0.2) is 27.0 Å². The van der Waals surface area contributed by atoms with Crippen LogP contribution in [0, 0.1) is 0 Å². The van der Waals surface area contributed by atoms with Crippen molar-refractivity contribution in [2.45, 2.75) is 13.0 Å². The van der Waals surface area contributed by atoms with Crippen molar-refractivity contribution in [2.75, 3.05) is 6.61 Å². The average Bonchev–Trinajstić information content (AvgIpc) is 2.38. The van der Waals surface area contributed by atoms with Crippen LogP contribution in [0.5, 0.6) is 0 Å². The summed E-state index contributed by atoms with van der Waals surface area (Å²) in [5.74, 6) is -0.496. The van der Waals surface area contributed by atoms with Crippen LogP contribution >= 0.6 is 0 Å². The van der Waals surface area contributed by atoms with E-state index in [0.29, 0.717) is 0 Å². The highest BCUT2D eigenvalue weighted by Crippen LogP contribution is 1.87. The van der Waals surface area contributed by atoms with Gasteiger partial charge in [-0.15, -0.1) is 6.58 Å². The first-order chi connectivity index (χ1) is 8.90. The van der Waals surface area contributed by atoms with Crippen molar-refractivity contribution in [3.63, 3.8) is 0 Å². The highest BCUT2D eigenvalue weighted by Gasteiger charge is 2.10. The standard InChI is InChI=1S/C11H15N3O5/c1-4-5-8(15)19-7-6-14-10(17)12(2)9(16)13(3)11(14)18/h4H,1,5-7H2,2-3H3. The molecule has 0 unspecified atom stereocenters. The van der Waals surface area contributed by atoms with Crippen molar-refractivity contribution >= 4 is 5.97 Å². The molecular weight excluding hydrogens is 254 g/mol. The van der Waals surface area contributed by atoms with E-state index in [1.54, 1.807) is 0 Å². The Morgan fingerprint density at radius 3 is 2.16 bits per heavy atom. The molecule has 1 aromatic heterocycles. The number of ether oxygens (including phenoxy) is 1. The van der Waals surface area contributed by atoms with E-state index < -0.39 is 23.0 Å². The summed E-state index contributed by atoms with van der Waals surface area (Å²) in [6.07, 6.45) is 1.44. The molecule has 0 saturated carbocycles. The molecule has 0 amide bonds. The van der Waals surface area contributed by atoms with Gasteiger partial charge in [-0.1, -0.05) is 6.08 Å². The third kappa shape index (κ3) is 3.09. The molecule has 0 atom stereocenters.